The quantitative estimate of drug-likeness (QED) is 0.117. The standard InChI is InChI=1S/C28H54O2/c1-2-3-4-5-6-7-8-9-10-11-12-13-14-15-16-17-18-19-20-21-22-23-24-25-26-27-28(29)30/h22-23H,2-21,24-27H2,1H3,(H,29,30). The summed E-state index contributed by atoms with van der Waals surface area (Å²) in [7, 11) is 0. The molecule has 0 bridgehead atoms. The molecule has 0 spiro atoms. The van der Waals surface area contributed by atoms with Crippen LogP contribution in [0.5, 0.6) is 0 Å². The van der Waals surface area contributed by atoms with Crippen LogP contribution in [0.4, 0.5) is 0 Å². The monoisotopic (exact) mass is 422 g/mol. The number of allylic oxidation sites excluding steroid dienone is 2. The molecule has 0 aliphatic carbocycles. The van der Waals surface area contributed by atoms with E-state index in [1.807, 2.05) is 0 Å². The van der Waals surface area contributed by atoms with E-state index in [0.29, 0.717) is 6.42 Å². The maximum Gasteiger partial charge on any atom is 0.303 e. The first-order valence-corrected chi connectivity index (χ1v) is 13.6. The summed E-state index contributed by atoms with van der Waals surface area (Å²) in [6, 6.07) is 0. The molecule has 178 valence electrons. The lowest BCUT2D eigenvalue weighted by Crippen LogP contribution is -1.92. The largest absolute Gasteiger partial charge is 0.481 e. The molecule has 0 unspecified atom stereocenters. The molecule has 0 aromatic heterocycles. The van der Waals surface area contributed by atoms with E-state index in [1.165, 1.54) is 128 Å². The average molecular weight is 423 g/mol. The third-order valence-electron chi connectivity index (χ3n) is 6.15. The smallest absolute Gasteiger partial charge is 0.303 e. The second-order valence-corrected chi connectivity index (χ2v) is 9.26. The first kappa shape index (κ1) is 29.2. The predicted octanol–water partition coefficient (Wildman–Crippen LogP) is 10.0. The highest BCUT2D eigenvalue weighted by molar-refractivity contribution is 5.66. The van der Waals surface area contributed by atoms with Crippen molar-refractivity contribution in [2.24, 2.45) is 0 Å². The lowest BCUT2D eigenvalue weighted by molar-refractivity contribution is -0.137. The van der Waals surface area contributed by atoms with Crippen molar-refractivity contribution in [2.75, 3.05) is 0 Å². The van der Waals surface area contributed by atoms with Crippen LogP contribution in [0.3, 0.4) is 0 Å². The Hall–Kier alpha value is -0.790. The first-order chi connectivity index (χ1) is 14.8. The molecular formula is C28H54O2. The van der Waals surface area contributed by atoms with Gasteiger partial charge in [0.15, 0.2) is 0 Å². The van der Waals surface area contributed by atoms with E-state index in [0.717, 1.165) is 19.3 Å². The number of carboxylic acid groups (broad SMARTS) is 1. The third kappa shape index (κ3) is 27.2. The minimum absolute atomic E-state index is 0.313. The highest BCUT2D eigenvalue weighted by atomic mass is 16.4. The summed E-state index contributed by atoms with van der Waals surface area (Å²) in [6.07, 6.45) is 36.1. The van der Waals surface area contributed by atoms with Gasteiger partial charge in [-0.05, 0) is 32.1 Å². The highest BCUT2D eigenvalue weighted by Gasteiger charge is 1.96. The number of carboxylic acids is 1. The summed E-state index contributed by atoms with van der Waals surface area (Å²) in [5, 5.41) is 8.58. The van der Waals surface area contributed by atoms with E-state index in [-0.39, 0.29) is 0 Å². The predicted molar refractivity (Wildman–Crippen MR) is 133 cm³/mol. The van der Waals surface area contributed by atoms with Crippen molar-refractivity contribution in [3.8, 4) is 0 Å². The topological polar surface area (TPSA) is 37.3 Å². The zero-order chi connectivity index (χ0) is 22.0. The molecule has 0 aliphatic rings. The Morgan fingerprint density at radius 2 is 0.800 bits per heavy atom. The van der Waals surface area contributed by atoms with Crippen LogP contribution in [0.1, 0.15) is 161 Å². The summed E-state index contributed by atoms with van der Waals surface area (Å²) in [5.41, 5.74) is 0. The first-order valence-electron chi connectivity index (χ1n) is 13.6. The zero-order valence-corrected chi connectivity index (χ0v) is 20.5. The molecule has 2 nitrogen and oxygen atoms in total. The maximum absolute atomic E-state index is 10.4. The van der Waals surface area contributed by atoms with Crippen LogP contribution < -0.4 is 0 Å². The van der Waals surface area contributed by atoms with Gasteiger partial charge in [-0.2, -0.15) is 0 Å². The molecule has 0 fully saturated rings. The van der Waals surface area contributed by atoms with E-state index < -0.39 is 5.97 Å². The molecule has 0 amide bonds. The second kappa shape index (κ2) is 26.2. The Kier molecular flexibility index (Phi) is 25.6. The molecule has 0 saturated heterocycles. The highest BCUT2D eigenvalue weighted by Crippen LogP contribution is 2.15. The molecule has 1 N–H and O–H groups in total. The van der Waals surface area contributed by atoms with Crippen molar-refractivity contribution < 1.29 is 9.90 Å². The number of carbonyl (C=O) groups is 1. The van der Waals surface area contributed by atoms with Gasteiger partial charge in [0.2, 0.25) is 0 Å². The fraction of sp³-hybridized carbons (Fsp3) is 0.893. The Balaban J connectivity index is 3.05. The molecule has 0 aromatic carbocycles. The SMILES string of the molecule is CCCCCCCCCCCCCCCCCCCCCC=CCCCCC(=O)O. The fourth-order valence-corrected chi connectivity index (χ4v) is 4.11. The lowest BCUT2D eigenvalue weighted by atomic mass is 10.0. The number of unbranched alkanes of at least 4 members (excludes halogenated alkanes) is 21. The van der Waals surface area contributed by atoms with E-state index >= 15 is 0 Å². The van der Waals surface area contributed by atoms with Gasteiger partial charge in [-0.15, -0.1) is 0 Å². The molecule has 0 atom stereocenters. The van der Waals surface area contributed by atoms with Crippen molar-refractivity contribution in [2.45, 2.75) is 161 Å². The maximum atomic E-state index is 10.4. The van der Waals surface area contributed by atoms with Crippen molar-refractivity contribution in [3.63, 3.8) is 0 Å². The van der Waals surface area contributed by atoms with Crippen molar-refractivity contribution in [1.29, 1.82) is 0 Å². The van der Waals surface area contributed by atoms with Crippen LogP contribution in [-0.4, -0.2) is 11.1 Å². The number of rotatable bonds is 25. The van der Waals surface area contributed by atoms with Crippen LogP contribution in [0.25, 0.3) is 0 Å². The van der Waals surface area contributed by atoms with Gasteiger partial charge in [0.25, 0.3) is 0 Å². The molecule has 30 heavy (non-hydrogen) atoms. The number of hydrogen-bond acceptors (Lipinski definition) is 1. The van der Waals surface area contributed by atoms with Gasteiger partial charge in [-0.3, -0.25) is 4.79 Å². The van der Waals surface area contributed by atoms with Crippen molar-refractivity contribution in [1.82, 2.24) is 0 Å². The van der Waals surface area contributed by atoms with Crippen LogP contribution in [-0.2, 0) is 4.79 Å². The minimum Gasteiger partial charge on any atom is -0.481 e. The molecule has 0 radical (unpaired) electrons. The van der Waals surface area contributed by atoms with Crippen LogP contribution in [0.15, 0.2) is 12.2 Å². The van der Waals surface area contributed by atoms with Gasteiger partial charge in [0.05, 0.1) is 0 Å². The van der Waals surface area contributed by atoms with Gasteiger partial charge in [-0.1, -0.05) is 135 Å². The van der Waals surface area contributed by atoms with E-state index in [1.54, 1.807) is 0 Å². The molecule has 0 aromatic rings. The van der Waals surface area contributed by atoms with Gasteiger partial charge in [-0.25, -0.2) is 0 Å². The number of hydrogen-bond donors (Lipinski definition) is 1. The third-order valence-corrected chi connectivity index (χ3v) is 6.15. The Labute approximate surface area is 189 Å². The van der Waals surface area contributed by atoms with Crippen molar-refractivity contribution in [3.05, 3.63) is 12.2 Å². The van der Waals surface area contributed by atoms with Crippen LogP contribution in [0, 0.1) is 0 Å². The number of aliphatic carboxylic acids is 1. The Morgan fingerprint density at radius 1 is 0.500 bits per heavy atom. The summed E-state index contributed by atoms with van der Waals surface area (Å²) in [6.45, 7) is 2.29. The van der Waals surface area contributed by atoms with Crippen LogP contribution in [0.2, 0.25) is 0 Å². The minimum atomic E-state index is -0.673. The summed E-state index contributed by atoms with van der Waals surface area (Å²) in [4.78, 5) is 10.4. The van der Waals surface area contributed by atoms with E-state index in [2.05, 4.69) is 19.1 Å². The van der Waals surface area contributed by atoms with Crippen LogP contribution >= 0.6 is 0 Å². The molecule has 0 saturated carbocycles. The Bertz CT molecular complexity index is 362. The second-order valence-electron chi connectivity index (χ2n) is 9.26. The zero-order valence-electron chi connectivity index (χ0n) is 20.5. The summed E-state index contributed by atoms with van der Waals surface area (Å²) < 4.78 is 0. The molecule has 0 aliphatic heterocycles. The normalized spacial score (nSPS) is 11.5. The lowest BCUT2D eigenvalue weighted by Gasteiger charge is -2.03. The molecule has 0 heterocycles. The van der Waals surface area contributed by atoms with E-state index in [9.17, 15) is 4.79 Å². The van der Waals surface area contributed by atoms with Gasteiger partial charge in [0.1, 0.15) is 0 Å². The molecular weight excluding hydrogens is 368 g/mol. The average Bonchev–Trinajstić information content (AvgIpc) is 2.73. The van der Waals surface area contributed by atoms with Gasteiger partial charge >= 0.3 is 5.97 Å². The van der Waals surface area contributed by atoms with E-state index in [4.69, 9.17) is 5.11 Å². The fourth-order valence-electron chi connectivity index (χ4n) is 4.11. The van der Waals surface area contributed by atoms with Gasteiger partial charge in [0, 0.05) is 6.42 Å². The van der Waals surface area contributed by atoms with Gasteiger partial charge < -0.3 is 5.11 Å². The van der Waals surface area contributed by atoms with Crippen molar-refractivity contribution >= 4 is 5.97 Å². The molecule has 2 heteroatoms. The summed E-state index contributed by atoms with van der Waals surface area (Å²) >= 11 is 0. The molecule has 0 rings (SSSR count). The summed E-state index contributed by atoms with van der Waals surface area (Å²) in [5.74, 6) is -0.673. The Morgan fingerprint density at radius 3 is 1.13 bits per heavy atom.